The Hall–Kier alpha value is -4.04. The Balaban J connectivity index is 1.22. The van der Waals surface area contributed by atoms with Crippen LogP contribution in [0.3, 0.4) is 0 Å². The van der Waals surface area contributed by atoms with Crippen molar-refractivity contribution in [2.24, 2.45) is 5.92 Å². The third-order valence-electron chi connectivity index (χ3n) is 9.52. The van der Waals surface area contributed by atoms with Crippen molar-refractivity contribution in [1.82, 2.24) is 16.0 Å². The second kappa shape index (κ2) is 20.4. The van der Waals surface area contributed by atoms with Crippen molar-refractivity contribution in [3.05, 3.63) is 95.6 Å². The van der Waals surface area contributed by atoms with Crippen LogP contribution in [0.5, 0.6) is 0 Å². The summed E-state index contributed by atoms with van der Waals surface area (Å²) >= 11 is 0. The predicted octanol–water partition coefficient (Wildman–Crippen LogP) is 7.03. The van der Waals surface area contributed by atoms with Crippen LogP contribution in [-0.2, 0) is 39.9 Å². The Morgan fingerprint density at radius 2 is 1.50 bits per heavy atom. The molecule has 1 aliphatic carbocycles. The van der Waals surface area contributed by atoms with Gasteiger partial charge in [-0.05, 0) is 53.0 Å². The maximum atomic E-state index is 13.8. The lowest BCUT2D eigenvalue weighted by molar-refractivity contribution is -0.169. The second-order valence-electron chi connectivity index (χ2n) is 15.6. The third-order valence-corrected chi connectivity index (χ3v) is 12.9. The number of carbonyl (C=O) groups excluding carboxylic acids is 4. The van der Waals surface area contributed by atoms with Gasteiger partial charge in [0.05, 0.1) is 25.9 Å². The summed E-state index contributed by atoms with van der Waals surface area (Å²) in [6.45, 7) is 10.7. The summed E-state index contributed by atoms with van der Waals surface area (Å²) in [5.41, 5.74) is 5.40. The molecule has 0 spiro atoms. The molecule has 3 amide bonds. The van der Waals surface area contributed by atoms with E-state index in [0.29, 0.717) is 25.0 Å². The number of rotatable bonds is 17. The average molecular weight is 806 g/mol. The second-order valence-corrected chi connectivity index (χ2v) is 18.7. The van der Waals surface area contributed by atoms with E-state index >= 15 is 0 Å². The first-order valence-electron chi connectivity index (χ1n) is 19.2. The maximum Gasteiger partial charge on any atom is 0.407 e. The van der Waals surface area contributed by atoms with E-state index in [1.165, 1.54) is 17.9 Å². The van der Waals surface area contributed by atoms with E-state index in [0.717, 1.165) is 27.8 Å². The third kappa shape index (κ3) is 12.2. The fourth-order valence-corrected chi connectivity index (χ4v) is 9.32. The minimum absolute atomic E-state index is 0.0673. The molecule has 1 heterocycles. The Kier molecular flexibility index (Phi) is 15.7. The molecule has 302 valence electrons. The van der Waals surface area contributed by atoms with Crippen LogP contribution < -0.4 is 16.0 Å². The Morgan fingerprint density at radius 3 is 2.12 bits per heavy atom. The molecule has 1 aliphatic heterocycles. The number of amides is 3. The van der Waals surface area contributed by atoms with E-state index in [1.54, 1.807) is 10.8 Å². The summed E-state index contributed by atoms with van der Waals surface area (Å²) in [6, 6.07) is 24.1. The van der Waals surface area contributed by atoms with E-state index in [4.69, 9.17) is 18.9 Å². The number of methoxy groups -OCH3 is 1. The first kappa shape index (κ1) is 43.1. The standard InChI is InChI=1S/C43H55N3O8S2/c1-27(2)22-35(41(49)51-6)45-40(48)38-37(52-24-28-14-8-7-9-15-28)21-20-29(54-38)23-44-39(47)36(26-55-56-43(3,4)5)46-42(50)53-25-34-32-18-12-10-16-30(32)31-17-11-13-19-33(31)34/h7-19,27,29,34-38H,20-26H2,1-6H3,(H,44,47)(H,45,48)(H,46,50)/t29-,35+,36+,37+,38+/m1/s1. The van der Waals surface area contributed by atoms with Gasteiger partial charge in [-0.25, -0.2) is 9.59 Å². The van der Waals surface area contributed by atoms with Crippen LogP contribution in [0.4, 0.5) is 4.79 Å². The summed E-state index contributed by atoms with van der Waals surface area (Å²) in [5.74, 6) is -1.11. The molecule has 0 radical (unpaired) electrons. The lowest BCUT2D eigenvalue weighted by Crippen LogP contribution is -2.56. The highest BCUT2D eigenvalue weighted by Gasteiger charge is 2.39. The fourth-order valence-electron chi connectivity index (χ4n) is 6.86. The monoisotopic (exact) mass is 805 g/mol. The zero-order valence-corrected chi connectivity index (χ0v) is 34.7. The minimum atomic E-state index is -1.04. The number of ether oxygens (including phenoxy) is 4. The summed E-state index contributed by atoms with van der Waals surface area (Å²) in [5, 5.41) is 8.59. The highest BCUT2D eigenvalue weighted by molar-refractivity contribution is 8.77. The summed E-state index contributed by atoms with van der Waals surface area (Å²) in [4.78, 5) is 53.4. The van der Waals surface area contributed by atoms with E-state index < -0.39 is 54.3 Å². The van der Waals surface area contributed by atoms with Crippen molar-refractivity contribution in [3.8, 4) is 11.1 Å². The number of hydrogen-bond donors (Lipinski definition) is 3. The number of hydrogen-bond acceptors (Lipinski definition) is 10. The van der Waals surface area contributed by atoms with Gasteiger partial charge in [0.25, 0.3) is 5.91 Å². The molecule has 0 bridgehead atoms. The molecule has 3 aromatic rings. The molecule has 1 saturated heterocycles. The number of carbonyl (C=O) groups is 4. The minimum Gasteiger partial charge on any atom is -0.467 e. The van der Waals surface area contributed by atoms with E-state index in [-0.39, 0.29) is 36.3 Å². The molecular weight excluding hydrogens is 751 g/mol. The van der Waals surface area contributed by atoms with E-state index in [9.17, 15) is 19.2 Å². The van der Waals surface area contributed by atoms with E-state index in [1.807, 2.05) is 68.4 Å². The van der Waals surface area contributed by atoms with Crippen LogP contribution in [0, 0.1) is 5.92 Å². The van der Waals surface area contributed by atoms with Gasteiger partial charge in [0.2, 0.25) is 5.91 Å². The SMILES string of the molecule is COC(=O)[C@H](CC(C)C)NC(=O)[C@H]1O[C@@H](CNC(=O)[C@H](CSSC(C)(C)C)NC(=O)OCC2c3ccccc3-c3ccccc32)CC[C@@H]1OCc1ccccc1. The molecule has 2 aliphatic rings. The lowest BCUT2D eigenvalue weighted by Gasteiger charge is -2.36. The van der Waals surface area contributed by atoms with Gasteiger partial charge in [-0.1, -0.05) is 135 Å². The number of fused-ring (bicyclic) bond motifs is 3. The Morgan fingerprint density at radius 1 is 0.857 bits per heavy atom. The molecule has 56 heavy (non-hydrogen) atoms. The van der Waals surface area contributed by atoms with Crippen LogP contribution in [0.25, 0.3) is 11.1 Å². The molecule has 3 aromatic carbocycles. The normalized spacial score (nSPS) is 18.9. The predicted molar refractivity (Wildman–Crippen MR) is 221 cm³/mol. The lowest BCUT2D eigenvalue weighted by atomic mass is 9.98. The smallest absolute Gasteiger partial charge is 0.407 e. The van der Waals surface area contributed by atoms with Gasteiger partial charge in [0, 0.05) is 23.0 Å². The molecule has 5 atom stereocenters. The number of esters is 1. The quantitative estimate of drug-likeness (QED) is 0.0963. The van der Waals surface area contributed by atoms with Crippen molar-refractivity contribution in [2.75, 3.05) is 26.0 Å². The Bertz CT molecular complexity index is 1740. The molecule has 5 rings (SSSR count). The first-order valence-corrected chi connectivity index (χ1v) is 21.5. The van der Waals surface area contributed by atoms with Gasteiger partial charge >= 0.3 is 12.1 Å². The van der Waals surface area contributed by atoms with Crippen molar-refractivity contribution < 1.29 is 38.1 Å². The number of nitrogens with one attached hydrogen (secondary N) is 3. The van der Waals surface area contributed by atoms with Gasteiger partial charge in [0.15, 0.2) is 6.10 Å². The molecule has 3 N–H and O–H groups in total. The van der Waals surface area contributed by atoms with Crippen LogP contribution in [0.15, 0.2) is 78.9 Å². The van der Waals surface area contributed by atoms with Crippen molar-refractivity contribution in [1.29, 1.82) is 0 Å². The van der Waals surface area contributed by atoms with Crippen LogP contribution in [0.1, 0.15) is 76.5 Å². The number of alkyl carbamates (subject to hydrolysis) is 1. The summed E-state index contributed by atoms with van der Waals surface area (Å²) in [6.07, 6.45) is -1.45. The molecule has 0 unspecified atom stereocenters. The number of benzene rings is 3. The van der Waals surface area contributed by atoms with Gasteiger partial charge in [-0.15, -0.1) is 0 Å². The molecule has 0 saturated carbocycles. The molecule has 1 fully saturated rings. The first-order chi connectivity index (χ1) is 26.8. The van der Waals surface area contributed by atoms with Crippen molar-refractivity contribution in [2.45, 2.75) is 102 Å². The maximum absolute atomic E-state index is 13.8. The molecular formula is C43H55N3O8S2. The van der Waals surface area contributed by atoms with Crippen molar-refractivity contribution in [3.63, 3.8) is 0 Å². The van der Waals surface area contributed by atoms with Crippen molar-refractivity contribution >= 4 is 45.5 Å². The van der Waals surface area contributed by atoms with E-state index in [2.05, 4.69) is 61.0 Å². The Labute approximate surface area is 338 Å². The fraction of sp³-hybridized carbons (Fsp3) is 0.488. The van der Waals surface area contributed by atoms with Gasteiger partial charge in [-0.3, -0.25) is 9.59 Å². The average Bonchev–Trinajstić information content (AvgIpc) is 3.50. The highest BCUT2D eigenvalue weighted by Crippen LogP contribution is 2.44. The zero-order valence-electron chi connectivity index (χ0n) is 33.1. The van der Waals surface area contributed by atoms with Gasteiger partial charge in [0.1, 0.15) is 18.7 Å². The van der Waals surface area contributed by atoms with Crippen LogP contribution in [0.2, 0.25) is 0 Å². The van der Waals surface area contributed by atoms with Gasteiger partial charge < -0.3 is 34.9 Å². The molecule has 11 nitrogen and oxygen atoms in total. The summed E-state index contributed by atoms with van der Waals surface area (Å²) < 4.78 is 23.2. The topological polar surface area (TPSA) is 141 Å². The van der Waals surface area contributed by atoms with Crippen LogP contribution in [-0.4, -0.2) is 85.0 Å². The molecule has 13 heteroatoms. The largest absolute Gasteiger partial charge is 0.467 e. The van der Waals surface area contributed by atoms with Crippen LogP contribution >= 0.6 is 21.6 Å². The highest BCUT2D eigenvalue weighted by atomic mass is 33.1. The molecule has 0 aromatic heterocycles. The zero-order chi connectivity index (χ0) is 40.2. The van der Waals surface area contributed by atoms with Gasteiger partial charge in [-0.2, -0.15) is 0 Å². The summed E-state index contributed by atoms with van der Waals surface area (Å²) in [7, 11) is 4.40.